The van der Waals surface area contributed by atoms with Crippen LogP contribution < -0.4 is 4.74 Å². The van der Waals surface area contributed by atoms with Crippen LogP contribution >= 0.6 is 0 Å². The number of hydrogen-bond donors (Lipinski definition) is 0. The van der Waals surface area contributed by atoms with Gasteiger partial charge in [0.05, 0.1) is 0 Å². The van der Waals surface area contributed by atoms with E-state index in [1.165, 1.54) is 16.7 Å². The van der Waals surface area contributed by atoms with Gasteiger partial charge in [0.25, 0.3) is 0 Å². The highest BCUT2D eigenvalue weighted by Crippen LogP contribution is 2.33. The standard InChI is InChI=1S/C23H30N2O/c1-23(2)11-10-21-16-20(8-9-22(21)26-23)18-25-14-12-24(13-15-25)17-19-6-4-3-5-7-19/h3-9,16H,10-15,17-18H2,1-2H3. The van der Waals surface area contributed by atoms with Crippen molar-refractivity contribution in [1.29, 1.82) is 0 Å². The Balaban J connectivity index is 1.31. The molecule has 2 aromatic rings. The average Bonchev–Trinajstić information content (AvgIpc) is 2.64. The Morgan fingerprint density at radius 3 is 2.19 bits per heavy atom. The van der Waals surface area contributed by atoms with Crippen LogP contribution in [0.5, 0.6) is 5.75 Å². The minimum absolute atomic E-state index is 0.0242. The molecule has 0 aromatic heterocycles. The summed E-state index contributed by atoms with van der Waals surface area (Å²) >= 11 is 0. The number of rotatable bonds is 4. The lowest BCUT2D eigenvalue weighted by Crippen LogP contribution is -2.45. The van der Waals surface area contributed by atoms with Gasteiger partial charge in [-0.05, 0) is 49.4 Å². The molecule has 0 bridgehead atoms. The fourth-order valence-electron chi connectivity index (χ4n) is 4.02. The zero-order valence-electron chi connectivity index (χ0n) is 16.1. The molecule has 0 atom stereocenters. The van der Waals surface area contributed by atoms with Gasteiger partial charge in [0, 0.05) is 39.3 Å². The highest BCUT2D eigenvalue weighted by molar-refractivity contribution is 5.39. The molecule has 3 heteroatoms. The van der Waals surface area contributed by atoms with Gasteiger partial charge in [-0.15, -0.1) is 0 Å². The second-order valence-corrected chi connectivity index (χ2v) is 8.34. The molecular formula is C23H30N2O. The minimum atomic E-state index is -0.0242. The maximum atomic E-state index is 6.11. The Kier molecular flexibility index (Phi) is 5.01. The Bertz CT molecular complexity index is 733. The van der Waals surface area contributed by atoms with Crippen molar-refractivity contribution in [3.8, 4) is 5.75 Å². The second kappa shape index (κ2) is 7.42. The Morgan fingerprint density at radius 1 is 0.846 bits per heavy atom. The predicted molar refractivity (Wildman–Crippen MR) is 106 cm³/mol. The van der Waals surface area contributed by atoms with Gasteiger partial charge in [0.2, 0.25) is 0 Å². The summed E-state index contributed by atoms with van der Waals surface area (Å²) in [5.41, 5.74) is 4.19. The number of fused-ring (bicyclic) bond motifs is 1. The lowest BCUT2D eigenvalue weighted by Gasteiger charge is -2.35. The summed E-state index contributed by atoms with van der Waals surface area (Å²) < 4.78 is 6.11. The van der Waals surface area contributed by atoms with E-state index < -0.39 is 0 Å². The van der Waals surface area contributed by atoms with Gasteiger partial charge in [-0.25, -0.2) is 0 Å². The Morgan fingerprint density at radius 2 is 1.50 bits per heavy atom. The molecule has 2 aliphatic heterocycles. The summed E-state index contributed by atoms with van der Waals surface area (Å²) in [7, 11) is 0. The molecule has 0 N–H and O–H groups in total. The zero-order chi connectivity index (χ0) is 18.0. The SMILES string of the molecule is CC1(C)CCc2cc(CN3CCN(Cc4ccccc4)CC3)ccc2O1. The van der Waals surface area contributed by atoms with Gasteiger partial charge in [0.15, 0.2) is 0 Å². The van der Waals surface area contributed by atoms with Gasteiger partial charge >= 0.3 is 0 Å². The van der Waals surface area contributed by atoms with Gasteiger partial charge in [0.1, 0.15) is 11.4 Å². The third kappa shape index (κ3) is 4.28. The monoisotopic (exact) mass is 350 g/mol. The Hall–Kier alpha value is -1.84. The van der Waals surface area contributed by atoms with Crippen LogP contribution in [0.3, 0.4) is 0 Å². The normalized spacial score (nSPS) is 20.4. The number of nitrogens with zero attached hydrogens (tertiary/aromatic N) is 2. The van der Waals surface area contributed by atoms with Crippen molar-refractivity contribution in [2.45, 2.75) is 45.4 Å². The maximum Gasteiger partial charge on any atom is 0.123 e. The van der Waals surface area contributed by atoms with Crippen LogP contribution in [0.2, 0.25) is 0 Å². The van der Waals surface area contributed by atoms with Crippen molar-refractivity contribution in [3.05, 3.63) is 65.2 Å². The first-order chi connectivity index (χ1) is 12.6. The third-order valence-corrected chi connectivity index (χ3v) is 5.63. The largest absolute Gasteiger partial charge is 0.488 e. The fraction of sp³-hybridized carbons (Fsp3) is 0.478. The molecule has 26 heavy (non-hydrogen) atoms. The predicted octanol–water partition coefficient (Wildman–Crippen LogP) is 4.11. The molecule has 2 aromatic carbocycles. The summed E-state index contributed by atoms with van der Waals surface area (Å²) in [5.74, 6) is 1.08. The minimum Gasteiger partial charge on any atom is -0.488 e. The summed E-state index contributed by atoms with van der Waals surface area (Å²) in [6, 6.07) is 17.6. The van der Waals surface area contributed by atoms with Crippen LogP contribution in [0.15, 0.2) is 48.5 Å². The molecule has 0 radical (unpaired) electrons. The summed E-state index contributed by atoms with van der Waals surface area (Å²) in [5, 5.41) is 0. The molecule has 2 heterocycles. The van der Waals surface area contributed by atoms with Gasteiger partial charge in [-0.2, -0.15) is 0 Å². The molecular weight excluding hydrogens is 320 g/mol. The van der Waals surface area contributed by atoms with Crippen LogP contribution in [0, 0.1) is 0 Å². The molecule has 2 aliphatic rings. The molecule has 4 rings (SSSR count). The highest BCUT2D eigenvalue weighted by Gasteiger charge is 2.26. The Labute approximate surface area is 157 Å². The number of ether oxygens (including phenoxy) is 1. The van der Waals surface area contributed by atoms with E-state index in [1.54, 1.807) is 0 Å². The number of aryl methyl sites for hydroxylation is 1. The van der Waals surface area contributed by atoms with E-state index in [9.17, 15) is 0 Å². The van der Waals surface area contributed by atoms with E-state index in [4.69, 9.17) is 4.74 Å². The van der Waals surface area contributed by atoms with E-state index >= 15 is 0 Å². The first-order valence-corrected chi connectivity index (χ1v) is 9.87. The quantitative estimate of drug-likeness (QED) is 0.825. The second-order valence-electron chi connectivity index (χ2n) is 8.34. The van der Waals surface area contributed by atoms with Gasteiger partial charge in [-0.1, -0.05) is 42.5 Å². The van der Waals surface area contributed by atoms with Gasteiger partial charge in [-0.3, -0.25) is 9.80 Å². The van der Waals surface area contributed by atoms with Crippen molar-refractivity contribution >= 4 is 0 Å². The van der Waals surface area contributed by atoms with Crippen LogP contribution in [0.1, 0.15) is 37.0 Å². The van der Waals surface area contributed by atoms with Crippen molar-refractivity contribution in [1.82, 2.24) is 9.80 Å². The van der Waals surface area contributed by atoms with Gasteiger partial charge < -0.3 is 4.74 Å². The molecule has 1 saturated heterocycles. The van der Waals surface area contributed by atoms with E-state index in [2.05, 4.69) is 72.2 Å². The molecule has 1 fully saturated rings. The number of benzene rings is 2. The van der Waals surface area contributed by atoms with E-state index in [0.29, 0.717) is 0 Å². The van der Waals surface area contributed by atoms with Crippen molar-refractivity contribution in [2.75, 3.05) is 26.2 Å². The first-order valence-electron chi connectivity index (χ1n) is 9.87. The summed E-state index contributed by atoms with van der Waals surface area (Å²) in [6.07, 6.45) is 2.22. The highest BCUT2D eigenvalue weighted by atomic mass is 16.5. The number of piperazine rings is 1. The molecule has 0 unspecified atom stereocenters. The van der Waals surface area contributed by atoms with E-state index in [1.807, 2.05) is 0 Å². The molecule has 0 saturated carbocycles. The van der Waals surface area contributed by atoms with Crippen molar-refractivity contribution in [2.24, 2.45) is 0 Å². The van der Waals surface area contributed by atoms with Crippen LogP contribution in [-0.2, 0) is 19.5 Å². The molecule has 3 nitrogen and oxygen atoms in total. The fourth-order valence-corrected chi connectivity index (χ4v) is 4.02. The topological polar surface area (TPSA) is 15.7 Å². The lowest BCUT2D eigenvalue weighted by atomic mass is 9.93. The lowest BCUT2D eigenvalue weighted by molar-refractivity contribution is 0.0844. The van der Waals surface area contributed by atoms with Crippen LogP contribution in [0.4, 0.5) is 0 Å². The van der Waals surface area contributed by atoms with Crippen LogP contribution in [-0.4, -0.2) is 41.6 Å². The molecule has 0 aliphatic carbocycles. The third-order valence-electron chi connectivity index (χ3n) is 5.63. The van der Waals surface area contributed by atoms with Crippen molar-refractivity contribution in [3.63, 3.8) is 0 Å². The van der Waals surface area contributed by atoms with E-state index in [0.717, 1.165) is 57.9 Å². The zero-order valence-corrected chi connectivity index (χ0v) is 16.1. The molecule has 0 amide bonds. The average molecular weight is 351 g/mol. The summed E-state index contributed by atoms with van der Waals surface area (Å²) in [4.78, 5) is 5.14. The smallest absolute Gasteiger partial charge is 0.123 e. The van der Waals surface area contributed by atoms with E-state index in [-0.39, 0.29) is 5.60 Å². The molecule has 138 valence electrons. The van der Waals surface area contributed by atoms with Crippen LogP contribution in [0.25, 0.3) is 0 Å². The molecule has 0 spiro atoms. The maximum absolute atomic E-state index is 6.11. The summed E-state index contributed by atoms with van der Waals surface area (Å²) in [6.45, 7) is 11.1. The number of hydrogen-bond acceptors (Lipinski definition) is 3. The first kappa shape index (κ1) is 17.6. The van der Waals surface area contributed by atoms with Crippen molar-refractivity contribution < 1.29 is 4.74 Å².